The molecule has 0 radical (unpaired) electrons. The topological polar surface area (TPSA) is 35.5 Å². The zero-order valence-corrected chi connectivity index (χ0v) is 26.2. The van der Waals surface area contributed by atoms with E-state index in [-0.39, 0.29) is 11.5 Å². The highest BCUT2D eigenvalue weighted by Gasteiger charge is 2.12. The van der Waals surface area contributed by atoms with E-state index in [9.17, 15) is 4.39 Å². The van der Waals surface area contributed by atoms with Crippen LogP contribution in [0.1, 0.15) is 54.4 Å². The molecule has 0 saturated heterocycles. The second kappa shape index (κ2) is 24.5. The quantitative estimate of drug-likeness (QED) is 0.0779. The van der Waals surface area contributed by atoms with Crippen LogP contribution in [-0.4, -0.2) is 27.1 Å². The standard InChI is InChI=1S/C31H43FO2.C4H8.CH2O/c1-12-22(3)14-15-26(7)29(10)30(32)20-27(8)24(5)16-17-25(6)28(9)21-31(23(4)13-2)34-19-18-33-11;1-4(2)3;1-2/h14-17,20-21,23,28H,3,5-8,10,12-13,18-19H2,1-2,4,9,11H3;1H2,2-3H3;1H2/b15-14-,17-16-,30-20+,31-21+;;. The second-order valence-electron chi connectivity index (χ2n) is 9.52. The molecule has 40 heavy (non-hydrogen) atoms. The largest absolute Gasteiger partial charge is 0.496 e. The molecule has 0 aliphatic carbocycles. The Labute approximate surface area is 244 Å². The van der Waals surface area contributed by atoms with Crippen LogP contribution < -0.4 is 0 Å². The summed E-state index contributed by atoms with van der Waals surface area (Å²) in [6.07, 6.45) is 12.4. The molecule has 0 aromatic carbocycles. The fourth-order valence-electron chi connectivity index (χ4n) is 2.54. The molecule has 0 spiro atoms. The molecular weight excluding hydrogens is 499 g/mol. The van der Waals surface area contributed by atoms with Gasteiger partial charge in [-0.2, -0.15) is 0 Å². The van der Waals surface area contributed by atoms with E-state index >= 15 is 0 Å². The monoisotopic (exact) mass is 552 g/mol. The lowest BCUT2D eigenvalue weighted by atomic mass is 9.96. The maximum Gasteiger partial charge on any atom is 0.131 e. The first-order chi connectivity index (χ1) is 18.7. The second-order valence-corrected chi connectivity index (χ2v) is 9.52. The SMILES string of the molecule is C=C(/C=C\C(=C)C(=C)/C(F)=C\C(=C)C(=C)/C=C\C(=C)C(C)/C=C(/OCCOC)C(C)CC)CC.C=C(C)C.C=O. The summed E-state index contributed by atoms with van der Waals surface area (Å²) in [4.78, 5) is 8.00. The van der Waals surface area contributed by atoms with Crippen LogP contribution in [0, 0.1) is 11.8 Å². The molecule has 0 aliphatic rings. The number of rotatable bonds is 17. The Balaban J connectivity index is -0.00000208. The van der Waals surface area contributed by atoms with Crippen molar-refractivity contribution in [2.45, 2.75) is 54.4 Å². The fraction of sp³-hybridized carbons (Fsp3) is 0.361. The molecule has 0 amide bonds. The van der Waals surface area contributed by atoms with E-state index in [4.69, 9.17) is 14.3 Å². The molecule has 2 unspecified atom stereocenters. The normalized spacial score (nSPS) is 12.8. The summed E-state index contributed by atoms with van der Waals surface area (Å²) in [5.74, 6) is 0.795. The lowest BCUT2D eigenvalue weighted by Crippen LogP contribution is -2.09. The maximum atomic E-state index is 14.6. The Kier molecular flexibility index (Phi) is 25.1. The van der Waals surface area contributed by atoms with Crippen LogP contribution in [0.25, 0.3) is 0 Å². The van der Waals surface area contributed by atoms with Gasteiger partial charge in [0.1, 0.15) is 19.2 Å². The van der Waals surface area contributed by atoms with Crippen LogP contribution in [0.15, 0.2) is 133 Å². The number of ether oxygens (including phenoxy) is 2. The van der Waals surface area contributed by atoms with E-state index < -0.39 is 5.83 Å². The summed E-state index contributed by atoms with van der Waals surface area (Å²) in [5, 5.41) is 0. The van der Waals surface area contributed by atoms with Crippen LogP contribution in [0.3, 0.4) is 0 Å². The van der Waals surface area contributed by atoms with Gasteiger partial charge in [-0.3, -0.25) is 0 Å². The van der Waals surface area contributed by atoms with Crippen LogP contribution in [-0.2, 0) is 14.3 Å². The zero-order chi connectivity index (χ0) is 31.8. The summed E-state index contributed by atoms with van der Waals surface area (Å²) < 4.78 is 25.6. The lowest BCUT2D eigenvalue weighted by molar-refractivity contribution is -0.0980. The van der Waals surface area contributed by atoms with Gasteiger partial charge in [-0.05, 0) is 61.1 Å². The van der Waals surface area contributed by atoms with Gasteiger partial charge in [0.05, 0.1) is 12.4 Å². The summed E-state index contributed by atoms with van der Waals surface area (Å²) in [6, 6.07) is 0. The lowest BCUT2D eigenvalue weighted by Gasteiger charge is -2.18. The number of hydrogen-bond donors (Lipinski definition) is 0. The molecule has 0 saturated carbocycles. The molecule has 0 bridgehead atoms. The molecule has 0 aromatic rings. The third-order valence-electron chi connectivity index (χ3n) is 5.52. The molecule has 222 valence electrons. The molecule has 3 nitrogen and oxygen atoms in total. The van der Waals surface area contributed by atoms with Crippen LogP contribution in [0.2, 0.25) is 0 Å². The van der Waals surface area contributed by atoms with Crippen molar-refractivity contribution in [3.8, 4) is 0 Å². The van der Waals surface area contributed by atoms with Crippen molar-refractivity contribution in [3.63, 3.8) is 0 Å². The average Bonchev–Trinajstić information content (AvgIpc) is 2.93. The van der Waals surface area contributed by atoms with E-state index in [0.29, 0.717) is 35.9 Å². The first kappa shape index (κ1) is 41.0. The first-order valence-electron chi connectivity index (χ1n) is 13.3. The molecule has 0 heterocycles. The van der Waals surface area contributed by atoms with Gasteiger partial charge in [-0.15, -0.1) is 6.58 Å². The van der Waals surface area contributed by atoms with E-state index in [1.54, 1.807) is 19.3 Å². The molecule has 4 heteroatoms. The van der Waals surface area contributed by atoms with Crippen molar-refractivity contribution in [2.24, 2.45) is 11.8 Å². The minimum absolute atomic E-state index is 0.0592. The summed E-state index contributed by atoms with van der Waals surface area (Å²) >= 11 is 0. The third kappa shape index (κ3) is 20.5. The summed E-state index contributed by atoms with van der Waals surface area (Å²) in [7, 11) is 1.65. The number of methoxy groups -OCH3 is 1. The Bertz CT molecular complexity index is 997. The Morgan fingerprint density at radius 2 is 1.35 bits per heavy atom. The number of halogens is 1. The third-order valence-corrected chi connectivity index (χ3v) is 5.52. The number of allylic oxidation sites excluding steroid dienone is 15. The highest BCUT2D eigenvalue weighted by Crippen LogP contribution is 2.24. The molecule has 0 N–H and O–H groups in total. The van der Waals surface area contributed by atoms with Crippen molar-refractivity contribution < 1.29 is 18.7 Å². The maximum absolute atomic E-state index is 14.6. The minimum atomic E-state index is -0.502. The Morgan fingerprint density at radius 3 is 1.82 bits per heavy atom. The molecule has 0 fully saturated rings. The van der Waals surface area contributed by atoms with Gasteiger partial charge in [0.25, 0.3) is 0 Å². The fourth-order valence-corrected chi connectivity index (χ4v) is 2.54. The molecule has 0 aromatic heterocycles. The Hall–Kier alpha value is -3.50. The highest BCUT2D eigenvalue weighted by molar-refractivity contribution is 5.52. The average molecular weight is 553 g/mol. The minimum Gasteiger partial charge on any atom is -0.496 e. The van der Waals surface area contributed by atoms with Crippen molar-refractivity contribution >= 4 is 6.79 Å². The van der Waals surface area contributed by atoms with Crippen LogP contribution >= 0.6 is 0 Å². The van der Waals surface area contributed by atoms with Crippen molar-refractivity contribution in [1.82, 2.24) is 0 Å². The van der Waals surface area contributed by atoms with Crippen LogP contribution in [0.5, 0.6) is 0 Å². The van der Waals surface area contributed by atoms with Gasteiger partial charge in [-0.1, -0.05) is 103 Å². The number of carbonyl (C=O) groups is 1. The first-order valence-corrected chi connectivity index (χ1v) is 13.3. The van der Waals surface area contributed by atoms with Gasteiger partial charge in [-0.25, -0.2) is 4.39 Å². The van der Waals surface area contributed by atoms with E-state index in [1.807, 2.05) is 39.7 Å². The van der Waals surface area contributed by atoms with Crippen molar-refractivity contribution in [3.05, 3.63) is 133 Å². The van der Waals surface area contributed by atoms with E-state index in [0.717, 1.165) is 29.7 Å². The smallest absolute Gasteiger partial charge is 0.131 e. The zero-order valence-electron chi connectivity index (χ0n) is 26.2. The van der Waals surface area contributed by atoms with Crippen molar-refractivity contribution in [1.29, 1.82) is 0 Å². The van der Waals surface area contributed by atoms with E-state index in [2.05, 4.69) is 72.9 Å². The van der Waals surface area contributed by atoms with Crippen molar-refractivity contribution in [2.75, 3.05) is 20.3 Å². The van der Waals surface area contributed by atoms with Gasteiger partial charge >= 0.3 is 0 Å². The van der Waals surface area contributed by atoms with Crippen LogP contribution in [0.4, 0.5) is 4.39 Å². The molecule has 2 atom stereocenters. The predicted molar refractivity (Wildman–Crippen MR) is 175 cm³/mol. The molecular formula is C36H53FO3. The van der Waals surface area contributed by atoms with Gasteiger partial charge in [0.15, 0.2) is 0 Å². The van der Waals surface area contributed by atoms with Gasteiger partial charge < -0.3 is 14.3 Å². The van der Waals surface area contributed by atoms with Gasteiger partial charge in [0.2, 0.25) is 0 Å². The number of carbonyl (C=O) groups excluding carboxylic acids is 1. The summed E-state index contributed by atoms with van der Waals surface area (Å²) in [5.41, 5.74) is 4.70. The van der Waals surface area contributed by atoms with E-state index in [1.165, 1.54) is 11.6 Å². The highest BCUT2D eigenvalue weighted by atomic mass is 19.1. The molecule has 0 aliphatic heterocycles. The number of hydrogen-bond acceptors (Lipinski definition) is 3. The van der Waals surface area contributed by atoms with Gasteiger partial charge in [0, 0.05) is 24.5 Å². The predicted octanol–water partition coefficient (Wildman–Crippen LogP) is 10.3. The summed E-state index contributed by atoms with van der Waals surface area (Å²) in [6.45, 7) is 42.5. The Morgan fingerprint density at radius 1 is 0.825 bits per heavy atom. The molecule has 0 rings (SSSR count).